The molecule has 3 aromatic rings. The molecule has 19 heavy (non-hydrogen) atoms. The van der Waals surface area contributed by atoms with Crippen LogP contribution in [0.25, 0.3) is 21.8 Å². The second kappa shape index (κ2) is 4.67. The fourth-order valence-electron chi connectivity index (χ4n) is 2.75. The molecule has 1 N–H and O–H groups in total. The monoisotopic (exact) mass is 368 g/mol. The molecule has 0 saturated heterocycles. The van der Waals surface area contributed by atoms with Gasteiger partial charge in [-0.15, -0.1) is 0 Å². The molecule has 100 valence electrons. The highest BCUT2D eigenvalue weighted by Crippen LogP contribution is 2.35. The van der Waals surface area contributed by atoms with Gasteiger partial charge in [-0.25, -0.2) is 4.57 Å². The van der Waals surface area contributed by atoms with Crippen LogP contribution >= 0.6 is 0 Å². The van der Waals surface area contributed by atoms with Gasteiger partial charge in [-0.05, 0) is 25.5 Å². The molecule has 0 atom stereocenters. The Bertz CT molecular complexity index is 790. The summed E-state index contributed by atoms with van der Waals surface area (Å²) in [7, 11) is 4.09. The molecule has 2 heterocycles. The fourth-order valence-corrected chi connectivity index (χ4v) is 2.75. The number of rotatable bonds is 0. The van der Waals surface area contributed by atoms with E-state index in [1.165, 1.54) is 16.4 Å². The maximum Gasteiger partial charge on any atom is 0.193 e. The van der Waals surface area contributed by atoms with Gasteiger partial charge in [0.15, 0.2) is 12.4 Å². The average Bonchev–Trinajstić information content (AvgIpc) is 2.60. The number of phenols is 1. The predicted octanol–water partition coefficient (Wildman–Crippen LogP) is -0.518. The predicted molar refractivity (Wildman–Crippen MR) is 72.7 cm³/mol. The average molecular weight is 368 g/mol. The molecule has 0 unspecified atom stereocenters. The van der Waals surface area contributed by atoms with Crippen molar-refractivity contribution in [2.75, 3.05) is 0 Å². The van der Waals surface area contributed by atoms with E-state index in [0.717, 1.165) is 16.5 Å². The Balaban J connectivity index is 0.00000133. The Hall–Kier alpha value is -1.30. The minimum Gasteiger partial charge on any atom is -1.00 e. The number of aryl methyl sites for hydroxylation is 4. The number of aromatic nitrogens is 2. The molecular formula is C15H17IN2O. The highest BCUT2D eigenvalue weighted by atomic mass is 127. The van der Waals surface area contributed by atoms with Crippen LogP contribution in [0.3, 0.4) is 0 Å². The number of nitrogens with zero attached hydrogens (tertiary/aromatic N) is 2. The highest BCUT2D eigenvalue weighted by molar-refractivity contribution is 6.10. The summed E-state index contributed by atoms with van der Waals surface area (Å²) in [6, 6.07) is 4.16. The third-order valence-electron chi connectivity index (χ3n) is 3.78. The van der Waals surface area contributed by atoms with Crippen molar-refractivity contribution in [2.24, 2.45) is 14.1 Å². The summed E-state index contributed by atoms with van der Waals surface area (Å²) < 4.78 is 4.23. The molecule has 0 bridgehead atoms. The van der Waals surface area contributed by atoms with Crippen molar-refractivity contribution in [3.63, 3.8) is 0 Å². The largest absolute Gasteiger partial charge is 1.00 e. The molecule has 0 aliphatic heterocycles. The molecular weight excluding hydrogens is 351 g/mol. The molecule has 0 spiro atoms. The lowest BCUT2D eigenvalue weighted by molar-refractivity contribution is -0.670. The van der Waals surface area contributed by atoms with Crippen LogP contribution in [0.2, 0.25) is 0 Å². The van der Waals surface area contributed by atoms with Crippen molar-refractivity contribution in [3.05, 3.63) is 35.7 Å². The number of phenolic OH excluding ortho intramolecular Hbond substituents is 1. The Morgan fingerprint density at radius 2 is 1.89 bits per heavy atom. The number of benzene rings is 1. The van der Waals surface area contributed by atoms with Gasteiger partial charge in [-0.3, -0.25) is 0 Å². The van der Waals surface area contributed by atoms with Crippen LogP contribution in [0.4, 0.5) is 0 Å². The van der Waals surface area contributed by atoms with E-state index in [2.05, 4.69) is 29.9 Å². The van der Waals surface area contributed by atoms with E-state index >= 15 is 0 Å². The third kappa shape index (κ3) is 1.89. The standard InChI is InChI=1S/C15H16N2O.HI/c1-9-7-12-14(10(2)15(9)18)11-5-6-16(3)8-13(11)17(12)4;/h5-8H,1-4H3;1H. The van der Waals surface area contributed by atoms with Crippen LogP contribution in [-0.2, 0) is 14.1 Å². The van der Waals surface area contributed by atoms with E-state index in [4.69, 9.17) is 0 Å². The first-order valence-corrected chi connectivity index (χ1v) is 6.07. The van der Waals surface area contributed by atoms with Crippen LogP contribution in [0.1, 0.15) is 11.1 Å². The molecule has 2 aromatic heterocycles. The van der Waals surface area contributed by atoms with Gasteiger partial charge in [0.2, 0.25) is 0 Å². The van der Waals surface area contributed by atoms with Gasteiger partial charge in [0.25, 0.3) is 0 Å². The quantitative estimate of drug-likeness (QED) is 0.420. The van der Waals surface area contributed by atoms with E-state index in [1.54, 1.807) is 0 Å². The number of aromatic hydroxyl groups is 1. The van der Waals surface area contributed by atoms with E-state index < -0.39 is 0 Å². The van der Waals surface area contributed by atoms with Gasteiger partial charge in [0.05, 0.1) is 0 Å². The van der Waals surface area contributed by atoms with Gasteiger partial charge in [-0.2, -0.15) is 0 Å². The van der Waals surface area contributed by atoms with Crippen molar-refractivity contribution < 1.29 is 33.7 Å². The van der Waals surface area contributed by atoms with Crippen molar-refractivity contribution in [2.45, 2.75) is 13.8 Å². The summed E-state index contributed by atoms with van der Waals surface area (Å²) in [5, 5.41) is 12.5. The molecule has 0 aliphatic carbocycles. The lowest BCUT2D eigenvalue weighted by Gasteiger charge is -2.05. The summed E-state index contributed by atoms with van der Waals surface area (Å²) in [4.78, 5) is 0. The maximum absolute atomic E-state index is 10.1. The third-order valence-corrected chi connectivity index (χ3v) is 3.78. The minimum atomic E-state index is 0. The van der Waals surface area contributed by atoms with Crippen molar-refractivity contribution in [1.29, 1.82) is 0 Å². The minimum absolute atomic E-state index is 0. The molecule has 0 amide bonds. The van der Waals surface area contributed by atoms with Gasteiger partial charge in [-0.1, -0.05) is 0 Å². The van der Waals surface area contributed by atoms with Crippen LogP contribution < -0.4 is 28.5 Å². The second-order valence-corrected chi connectivity index (χ2v) is 5.03. The zero-order valence-electron chi connectivity index (χ0n) is 11.5. The lowest BCUT2D eigenvalue weighted by Crippen LogP contribution is -3.00. The van der Waals surface area contributed by atoms with Gasteiger partial charge in [0.1, 0.15) is 18.3 Å². The molecule has 0 radical (unpaired) electrons. The molecule has 3 rings (SSSR count). The normalized spacial score (nSPS) is 10.9. The van der Waals surface area contributed by atoms with Crippen molar-refractivity contribution >= 4 is 21.8 Å². The number of pyridine rings is 1. The Kier molecular flexibility index (Phi) is 3.47. The first-order valence-electron chi connectivity index (χ1n) is 6.07. The molecule has 3 nitrogen and oxygen atoms in total. The van der Waals surface area contributed by atoms with E-state index in [0.29, 0.717) is 5.75 Å². The topological polar surface area (TPSA) is 29.0 Å². The number of fused-ring (bicyclic) bond motifs is 3. The van der Waals surface area contributed by atoms with Crippen LogP contribution in [0.15, 0.2) is 24.5 Å². The first-order chi connectivity index (χ1) is 8.50. The first kappa shape index (κ1) is 14.1. The highest BCUT2D eigenvalue weighted by Gasteiger charge is 2.16. The number of hydrogen-bond acceptors (Lipinski definition) is 1. The van der Waals surface area contributed by atoms with Crippen LogP contribution in [-0.4, -0.2) is 9.67 Å². The zero-order chi connectivity index (χ0) is 13.0. The second-order valence-electron chi connectivity index (χ2n) is 5.03. The number of halogens is 1. The molecule has 1 aromatic carbocycles. The van der Waals surface area contributed by atoms with Crippen molar-refractivity contribution in [3.8, 4) is 5.75 Å². The molecule has 0 aliphatic rings. The fraction of sp³-hybridized carbons (Fsp3) is 0.267. The van der Waals surface area contributed by atoms with Crippen LogP contribution in [0.5, 0.6) is 5.75 Å². The SMILES string of the molecule is Cc1cc2c(c(C)c1O)c1cc[n+](C)cc1n2C.[I-]. The number of hydrogen-bond donors (Lipinski definition) is 1. The zero-order valence-corrected chi connectivity index (χ0v) is 13.7. The van der Waals surface area contributed by atoms with Gasteiger partial charge in [0, 0.05) is 35.0 Å². The van der Waals surface area contributed by atoms with Crippen molar-refractivity contribution in [1.82, 2.24) is 4.57 Å². The van der Waals surface area contributed by atoms with Gasteiger partial charge >= 0.3 is 0 Å². The summed E-state index contributed by atoms with van der Waals surface area (Å²) in [5.74, 6) is 0.406. The molecule has 4 heteroatoms. The van der Waals surface area contributed by atoms with E-state index in [9.17, 15) is 5.11 Å². The summed E-state index contributed by atoms with van der Waals surface area (Å²) in [6.45, 7) is 3.93. The van der Waals surface area contributed by atoms with E-state index in [1.807, 2.05) is 31.7 Å². The maximum atomic E-state index is 10.1. The Morgan fingerprint density at radius 1 is 1.21 bits per heavy atom. The summed E-state index contributed by atoms with van der Waals surface area (Å²) >= 11 is 0. The Labute approximate surface area is 129 Å². The lowest BCUT2D eigenvalue weighted by atomic mass is 10.0. The molecule has 0 saturated carbocycles. The summed E-state index contributed by atoms with van der Waals surface area (Å²) in [5.41, 5.74) is 4.24. The summed E-state index contributed by atoms with van der Waals surface area (Å²) in [6.07, 6.45) is 4.15. The van der Waals surface area contributed by atoms with E-state index in [-0.39, 0.29) is 24.0 Å². The Morgan fingerprint density at radius 3 is 2.58 bits per heavy atom. The molecule has 0 fully saturated rings. The smallest absolute Gasteiger partial charge is 0.193 e. The van der Waals surface area contributed by atoms with Gasteiger partial charge < -0.3 is 33.7 Å². The van der Waals surface area contributed by atoms with Crippen LogP contribution in [0, 0.1) is 13.8 Å².